The molecule has 1 fully saturated rings. The molecule has 0 bridgehead atoms. The number of aromatic amines is 1. The molecule has 0 amide bonds. The molecule has 0 aliphatic carbocycles. The van der Waals surface area contributed by atoms with E-state index < -0.39 is 9.84 Å². The second-order valence-corrected chi connectivity index (χ2v) is 6.78. The molecular formula is C11H18N2O2S. The van der Waals surface area contributed by atoms with E-state index in [1.165, 1.54) is 5.56 Å². The largest absolute Gasteiger partial charge is 0.367 e. The Hall–Kier alpha value is -0.810. The van der Waals surface area contributed by atoms with Crippen molar-refractivity contribution in [2.45, 2.75) is 18.8 Å². The Balaban J connectivity index is 2.07. The Morgan fingerprint density at radius 2 is 2.12 bits per heavy atom. The van der Waals surface area contributed by atoms with Gasteiger partial charge in [0.1, 0.15) is 9.84 Å². The molecule has 1 aliphatic rings. The van der Waals surface area contributed by atoms with Crippen molar-refractivity contribution < 1.29 is 8.42 Å². The van der Waals surface area contributed by atoms with E-state index in [4.69, 9.17) is 5.73 Å². The molecule has 1 unspecified atom stereocenters. The van der Waals surface area contributed by atoms with Gasteiger partial charge in [0.25, 0.3) is 0 Å². The van der Waals surface area contributed by atoms with Crippen LogP contribution in [0.3, 0.4) is 0 Å². The molecule has 0 spiro atoms. The smallest absolute Gasteiger partial charge is 0.150 e. The summed E-state index contributed by atoms with van der Waals surface area (Å²) in [6.07, 6.45) is 5.34. The van der Waals surface area contributed by atoms with Crippen molar-refractivity contribution in [2.24, 2.45) is 11.7 Å². The van der Waals surface area contributed by atoms with Gasteiger partial charge in [0.2, 0.25) is 0 Å². The van der Waals surface area contributed by atoms with E-state index in [-0.39, 0.29) is 0 Å². The lowest BCUT2D eigenvalue weighted by Gasteiger charge is -2.28. The molecule has 1 aromatic rings. The van der Waals surface area contributed by atoms with Crippen LogP contribution in [0.25, 0.3) is 0 Å². The zero-order chi connectivity index (χ0) is 11.6. The molecule has 1 atom stereocenters. The van der Waals surface area contributed by atoms with Gasteiger partial charge in [-0.3, -0.25) is 0 Å². The van der Waals surface area contributed by atoms with Crippen LogP contribution < -0.4 is 5.73 Å². The van der Waals surface area contributed by atoms with Crippen molar-refractivity contribution in [3.05, 3.63) is 24.0 Å². The fourth-order valence-corrected chi connectivity index (χ4v) is 4.01. The van der Waals surface area contributed by atoms with Gasteiger partial charge in [0.15, 0.2) is 0 Å². The summed E-state index contributed by atoms with van der Waals surface area (Å²) in [6, 6.07) is 2.03. The molecule has 0 aromatic carbocycles. The first-order valence-corrected chi connectivity index (χ1v) is 7.48. The SMILES string of the molecule is NCC(c1cc[nH]c1)C1CCS(=O)(=O)CC1. The van der Waals surface area contributed by atoms with Gasteiger partial charge in [-0.25, -0.2) is 8.42 Å². The molecule has 1 saturated heterocycles. The summed E-state index contributed by atoms with van der Waals surface area (Å²) in [5, 5.41) is 0. The third-order valence-corrected chi connectivity index (χ3v) is 5.19. The maximum atomic E-state index is 11.4. The number of nitrogens with one attached hydrogen (secondary N) is 1. The van der Waals surface area contributed by atoms with Gasteiger partial charge in [-0.15, -0.1) is 0 Å². The zero-order valence-electron chi connectivity index (χ0n) is 9.22. The van der Waals surface area contributed by atoms with Crippen LogP contribution in [0.4, 0.5) is 0 Å². The molecule has 0 saturated carbocycles. The minimum atomic E-state index is -2.77. The maximum Gasteiger partial charge on any atom is 0.150 e. The van der Waals surface area contributed by atoms with Crippen LogP contribution in [0.15, 0.2) is 18.5 Å². The van der Waals surface area contributed by atoms with E-state index in [1.807, 2.05) is 18.5 Å². The number of hydrogen-bond acceptors (Lipinski definition) is 3. The molecule has 2 heterocycles. The zero-order valence-corrected chi connectivity index (χ0v) is 10.0. The number of rotatable bonds is 3. The van der Waals surface area contributed by atoms with Gasteiger partial charge in [0, 0.05) is 18.3 Å². The first kappa shape index (κ1) is 11.7. The van der Waals surface area contributed by atoms with Crippen molar-refractivity contribution in [3.63, 3.8) is 0 Å². The average molecular weight is 242 g/mol. The quantitative estimate of drug-likeness (QED) is 0.826. The van der Waals surface area contributed by atoms with Crippen LogP contribution in [-0.2, 0) is 9.84 Å². The summed E-state index contributed by atoms with van der Waals surface area (Å²) >= 11 is 0. The normalized spacial score (nSPS) is 23.1. The molecule has 2 rings (SSSR count). The van der Waals surface area contributed by atoms with Crippen molar-refractivity contribution in [2.75, 3.05) is 18.1 Å². The Bertz CT molecular complexity index is 411. The van der Waals surface area contributed by atoms with E-state index in [9.17, 15) is 8.42 Å². The van der Waals surface area contributed by atoms with Gasteiger partial charge in [-0.05, 0) is 36.9 Å². The van der Waals surface area contributed by atoms with Gasteiger partial charge < -0.3 is 10.7 Å². The van der Waals surface area contributed by atoms with Gasteiger partial charge in [-0.1, -0.05) is 0 Å². The van der Waals surface area contributed by atoms with Crippen molar-refractivity contribution in [1.82, 2.24) is 4.98 Å². The van der Waals surface area contributed by atoms with Crippen LogP contribution in [-0.4, -0.2) is 31.5 Å². The molecule has 90 valence electrons. The fraction of sp³-hybridized carbons (Fsp3) is 0.636. The van der Waals surface area contributed by atoms with E-state index in [2.05, 4.69) is 4.98 Å². The van der Waals surface area contributed by atoms with Gasteiger partial charge in [-0.2, -0.15) is 0 Å². The second kappa shape index (κ2) is 4.59. The first-order chi connectivity index (χ1) is 7.62. The van der Waals surface area contributed by atoms with E-state index in [0.717, 1.165) is 12.8 Å². The van der Waals surface area contributed by atoms with Crippen LogP contribution in [0.1, 0.15) is 24.3 Å². The van der Waals surface area contributed by atoms with E-state index in [0.29, 0.717) is 29.9 Å². The highest BCUT2D eigenvalue weighted by Gasteiger charge is 2.29. The standard InChI is InChI=1S/C11H18N2O2S/c12-7-11(10-1-4-13-8-10)9-2-5-16(14,15)6-3-9/h1,4,8-9,11,13H,2-3,5-7,12H2. The summed E-state index contributed by atoms with van der Waals surface area (Å²) in [5.74, 6) is 1.34. The summed E-state index contributed by atoms with van der Waals surface area (Å²) in [5.41, 5.74) is 7.00. The molecule has 16 heavy (non-hydrogen) atoms. The Kier molecular flexibility index (Phi) is 3.35. The summed E-state index contributed by atoms with van der Waals surface area (Å²) in [6.45, 7) is 0.586. The van der Waals surface area contributed by atoms with Crippen molar-refractivity contribution in [3.8, 4) is 0 Å². The van der Waals surface area contributed by atoms with E-state index >= 15 is 0 Å². The van der Waals surface area contributed by atoms with Crippen LogP contribution in [0.5, 0.6) is 0 Å². The third kappa shape index (κ3) is 2.47. The summed E-state index contributed by atoms with van der Waals surface area (Å²) in [7, 11) is -2.77. The molecule has 3 N–H and O–H groups in total. The van der Waals surface area contributed by atoms with Gasteiger partial charge in [0.05, 0.1) is 11.5 Å². The fourth-order valence-electron chi connectivity index (χ4n) is 2.48. The van der Waals surface area contributed by atoms with Crippen LogP contribution in [0, 0.1) is 5.92 Å². The Morgan fingerprint density at radius 3 is 2.62 bits per heavy atom. The lowest BCUT2D eigenvalue weighted by atomic mass is 9.83. The van der Waals surface area contributed by atoms with Crippen LogP contribution in [0.2, 0.25) is 0 Å². The molecule has 1 aliphatic heterocycles. The number of aromatic nitrogens is 1. The molecule has 1 aromatic heterocycles. The molecular weight excluding hydrogens is 224 g/mol. The number of H-pyrrole nitrogens is 1. The van der Waals surface area contributed by atoms with Gasteiger partial charge >= 0.3 is 0 Å². The summed E-state index contributed by atoms with van der Waals surface area (Å²) in [4.78, 5) is 3.03. The van der Waals surface area contributed by atoms with E-state index in [1.54, 1.807) is 0 Å². The molecule has 4 nitrogen and oxygen atoms in total. The lowest BCUT2D eigenvalue weighted by molar-refractivity contribution is 0.389. The lowest BCUT2D eigenvalue weighted by Crippen LogP contribution is -2.30. The monoisotopic (exact) mass is 242 g/mol. The minimum absolute atomic E-state index is 0.293. The number of sulfone groups is 1. The Morgan fingerprint density at radius 1 is 1.44 bits per heavy atom. The highest BCUT2D eigenvalue weighted by Crippen LogP contribution is 2.32. The maximum absolute atomic E-state index is 11.4. The van der Waals surface area contributed by atoms with Crippen LogP contribution >= 0.6 is 0 Å². The second-order valence-electron chi connectivity index (χ2n) is 4.48. The minimum Gasteiger partial charge on any atom is -0.367 e. The average Bonchev–Trinajstić information content (AvgIpc) is 2.75. The number of nitrogens with two attached hydrogens (primary N) is 1. The molecule has 0 radical (unpaired) electrons. The predicted octanol–water partition coefficient (Wildman–Crippen LogP) is 0.882. The molecule has 5 heteroatoms. The highest BCUT2D eigenvalue weighted by atomic mass is 32.2. The first-order valence-electron chi connectivity index (χ1n) is 5.65. The predicted molar refractivity (Wildman–Crippen MR) is 64.0 cm³/mol. The summed E-state index contributed by atoms with van der Waals surface area (Å²) < 4.78 is 22.7. The number of hydrogen-bond donors (Lipinski definition) is 2. The topological polar surface area (TPSA) is 76.0 Å². The van der Waals surface area contributed by atoms with Crippen molar-refractivity contribution in [1.29, 1.82) is 0 Å². The van der Waals surface area contributed by atoms with Crippen molar-refractivity contribution >= 4 is 9.84 Å². The third-order valence-electron chi connectivity index (χ3n) is 3.47. The Labute approximate surface area is 96.2 Å². The highest BCUT2D eigenvalue weighted by molar-refractivity contribution is 7.91.